The fourth-order valence-electron chi connectivity index (χ4n) is 4.28. The number of hydrogen-bond donors (Lipinski definition) is 1. The van der Waals surface area contributed by atoms with Gasteiger partial charge in [-0.3, -0.25) is 0 Å². The van der Waals surface area contributed by atoms with Crippen molar-refractivity contribution in [2.75, 3.05) is 0 Å². The van der Waals surface area contributed by atoms with E-state index in [0.29, 0.717) is 39.5 Å². The first-order chi connectivity index (χ1) is 19.4. The molecule has 0 saturated heterocycles. The fraction of sp³-hybridized carbons (Fsp3) is 0. The number of nitrogens with zero attached hydrogens (tertiary/aromatic N) is 2. The fourth-order valence-corrected chi connectivity index (χ4v) is 5.58. The number of fused-ring (bicyclic) bond motifs is 1. The van der Waals surface area contributed by atoms with Gasteiger partial charge in [0.2, 0.25) is 9.84 Å². The van der Waals surface area contributed by atoms with Gasteiger partial charge in [0, 0.05) is 11.1 Å². The molecule has 0 fully saturated rings. The molecule has 0 atom stereocenters. The van der Waals surface area contributed by atoms with E-state index >= 15 is 0 Å². The predicted molar refractivity (Wildman–Crippen MR) is 150 cm³/mol. The van der Waals surface area contributed by atoms with Crippen LogP contribution in [0.25, 0.3) is 33.5 Å². The maximum Gasteiger partial charge on any atom is 0.206 e. The first-order valence-corrected chi connectivity index (χ1v) is 13.8. The van der Waals surface area contributed by atoms with Crippen molar-refractivity contribution in [2.45, 2.75) is 9.79 Å². The van der Waals surface area contributed by atoms with Crippen LogP contribution in [0.15, 0.2) is 131 Å². The van der Waals surface area contributed by atoms with E-state index < -0.39 is 9.84 Å². The zero-order valence-corrected chi connectivity index (χ0v) is 21.7. The van der Waals surface area contributed by atoms with Crippen LogP contribution in [-0.2, 0) is 9.84 Å². The quantitative estimate of drug-likeness (QED) is 0.233. The van der Waals surface area contributed by atoms with Crippen molar-refractivity contribution in [3.63, 3.8) is 0 Å². The van der Waals surface area contributed by atoms with Crippen molar-refractivity contribution >= 4 is 20.9 Å². The van der Waals surface area contributed by atoms with Crippen LogP contribution in [0.2, 0.25) is 0 Å². The first kappa shape index (κ1) is 25.2. The number of aromatic hydroxyl groups is 1. The Bertz CT molecular complexity index is 1930. The predicted octanol–water partition coefficient (Wildman–Crippen LogP) is 7.43. The lowest BCUT2D eigenvalue weighted by atomic mass is 10.0. The summed E-state index contributed by atoms with van der Waals surface area (Å²) in [5.74, 6) is 0.924. The van der Waals surface area contributed by atoms with E-state index in [0.717, 1.165) is 5.56 Å². The molecule has 1 heterocycles. The molecule has 6 nitrogen and oxygen atoms in total. The molecule has 6 aromatic rings. The number of aromatic nitrogens is 2. The zero-order chi connectivity index (χ0) is 27.7. The summed E-state index contributed by atoms with van der Waals surface area (Å²) < 4.78 is 46.0. The van der Waals surface area contributed by atoms with Crippen LogP contribution < -0.4 is 4.74 Å². The summed E-state index contributed by atoms with van der Waals surface area (Å²) in [6.07, 6.45) is 0. The van der Waals surface area contributed by atoms with Crippen LogP contribution in [0.1, 0.15) is 0 Å². The summed E-state index contributed by atoms with van der Waals surface area (Å²) in [5, 5.41) is 9.48. The Morgan fingerprint density at radius 2 is 1.15 bits per heavy atom. The number of halogens is 1. The van der Waals surface area contributed by atoms with Gasteiger partial charge >= 0.3 is 0 Å². The van der Waals surface area contributed by atoms with Gasteiger partial charge in [-0.05, 0) is 103 Å². The molecule has 1 aromatic heterocycles. The highest BCUT2D eigenvalue weighted by Gasteiger charge is 2.20. The van der Waals surface area contributed by atoms with Crippen molar-refractivity contribution in [3.05, 3.63) is 127 Å². The molecule has 0 spiro atoms. The molecule has 0 aliphatic rings. The Labute approximate surface area is 229 Å². The molecule has 0 radical (unpaired) electrons. The van der Waals surface area contributed by atoms with Crippen molar-refractivity contribution in [3.8, 4) is 39.8 Å². The average Bonchev–Trinajstić information content (AvgIpc) is 2.99. The lowest BCUT2D eigenvalue weighted by molar-refractivity contribution is 0.464. The second kappa shape index (κ2) is 10.2. The number of phenolic OH excluding ortho intramolecular Hbond substituents is 1. The van der Waals surface area contributed by atoms with Crippen LogP contribution in [0.5, 0.6) is 17.2 Å². The third-order valence-electron chi connectivity index (χ3n) is 6.32. The Balaban J connectivity index is 1.44. The van der Waals surface area contributed by atoms with Gasteiger partial charge in [-0.15, -0.1) is 0 Å². The molecular formula is C32H21FN2O4S. The van der Waals surface area contributed by atoms with Crippen LogP contribution >= 0.6 is 0 Å². The first-order valence-electron chi connectivity index (χ1n) is 12.3. The van der Waals surface area contributed by atoms with Crippen LogP contribution in [0, 0.1) is 5.82 Å². The molecule has 0 aliphatic carbocycles. The molecule has 0 unspecified atom stereocenters. The minimum atomic E-state index is -3.75. The molecule has 6 rings (SSSR count). The highest BCUT2D eigenvalue weighted by Crippen LogP contribution is 2.34. The molecule has 0 bridgehead atoms. The van der Waals surface area contributed by atoms with Crippen LogP contribution in [0.3, 0.4) is 0 Å². The molecule has 1 N–H and O–H groups in total. The monoisotopic (exact) mass is 548 g/mol. The van der Waals surface area contributed by atoms with Crippen LogP contribution in [0.4, 0.5) is 4.39 Å². The van der Waals surface area contributed by atoms with Gasteiger partial charge in [-0.1, -0.05) is 18.2 Å². The van der Waals surface area contributed by atoms with E-state index in [9.17, 15) is 17.9 Å². The van der Waals surface area contributed by atoms with Crippen molar-refractivity contribution in [1.29, 1.82) is 0 Å². The van der Waals surface area contributed by atoms with Gasteiger partial charge in [0.05, 0.1) is 32.2 Å². The molecular weight excluding hydrogens is 527 g/mol. The number of benzene rings is 5. The molecule has 40 heavy (non-hydrogen) atoms. The highest BCUT2D eigenvalue weighted by molar-refractivity contribution is 7.91. The van der Waals surface area contributed by atoms with Crippen LogP contribution in [-0.4, -0.2) is 23.5 Å². The Morgan fingerprint density at radius 1 is 0.600 bits per heavy atom. The lowest BCUT2D eigenvalue weighted by Gasteiger charge is -2.13. The summed E-state index contributed by atoms with van der Waals surface area (Å²) in [7, 11) is -3.75. The van der Waals surface area contributed by atoms with Gasteiger partial charge in [0.1, 0.15) is 23.1 Å². The van der Waals surface area contributed by atoms with Gasteiger partial charge in [0.15, 0.2) is 0 Å². The molecule has 0 saturated carbocycles. The summed E-state index contributed by atoms with van der Waals surface area (Å²) in [4.78, 5) is 9.95. The van der Waals surface area contributed by atoms with Crippen molar-refractivity contribution in [2.24, 2.45) is 0 Å². The SMILES string of the molecule is O=S(=O)(c1ccccc1)c1ccc2nc(-c3ccc(Oc4ccc(O)cc4)cc3)c(-c3ccc(F)cc3)nc2c1. The van der Waals surface area contributed by atoms with Crippen molar-refractivity contribution in [1.82, 2.24) is 9.97 Å². The van der Waals surface area contributed by atoms with E-state index in [1.165, 1.54) is 24.3 Å². The second-order valence-corrected chi connectivity index (χ2v) is 11.0. The number of ether oxygens (including phenoxy) is 1. The molecule has 0 amide bonds. The smallest absolute Gasteiger partial charge is 0.206 e. The van der Waals surface area contributed by atoms with E-state index in [-0.39, 0.29) is 21.4 Å². The van der Waals surface area contributed by atoms with E-state index in [2.05, 4.69) is 0 Å². The lowest BCUT2D eigenvalue weighted by Crippen LogP contribution is -2.03. The van der Waals surface area contributed by atoms with Gasteiger partial charge < -0.3 is 9.84 Å². The maximum atomic E-state index is 13.7. The third kappa shape index (κ3) is 5.00. The minimum absolute atomic E-state index is 0.106. The second-order valence-electron chi connectivity index (χ2n) is 9.02. The number of hydrogen-bond acceptors (Lipinski definition) is 6. The van der Waals surface area contributed by atoms with Gasteiger partial charge in [-0.2, -0.15) is 0 Å². The molecule has 196 valence electrons. The number of phenols is 1. The molecule has 0 aliphatic heterocycles. The van der Waals surface area contributed by atoms with Gasteiger partial charge in [0.25, 0.3) is 0 Å². The Morgan fingerprint density at radius 3 is 1.77 bits per heavy atom. The zero-order valence-electron chi connectivity index (χ0n) is 20.9. The topological polar surface area (TPSA) is 89.4 Å². The number of rotatable bonds is 6. The molecule has 8 heteroatoms. The van der Waals surface area contributed by atoms with Gasteiger partial charge in [-0.25, -0.2) is 22.8 Å². The summed E-state index contributed by atoms with van der Waals surface area (Å²) >= 11 is 0. The Hall–Kier alpha value is -5.08. The highest BCUT2D eigenvalue weighted by atomic mass is 32.2. The Kier molecular flexibility index (Phi) is 6.45. The maximum absolute atomic E-state index is 13.7. The standard InChI is InChI=1S/C32H21FN2O4S/c33-23-10-6-21(7-11-23)32-31(22-8-14-25(15-9-22)39-26-16-12-24(36)13-17-26)34-29-19-18-28(20-30(29)35-32)40(37,38)27-4-2-1-3-5-27/h1-20,36H. The van der Waals surface area contributed by atoms with Crippen molar-refractivity contribution < 1.29 is 22.7 Å². The molecule has 5 aromatic carbocycles. The van der Waals surface area contributed by atoms with E-state index in [1.807, 2.05) is 12.1 Å². The minimum Gasteiger partial charge on any atom is -0.508 e. The summed E-state index contributed by atoms with van der Waals surface area (Å²) in [6.45, 7) is 0. The normalized spacial score (nSPS) is 11.4. The largest absolute Gasteiger partial charge is 0.508 e. The number of sulfone groups is 1. The van der Waals surface area contributed by atoms with E-state index in [1.54, 1.807) is 84.9 Å². The summed E-state index contributed by atoms with van der Waals surface area (Å²) in [5.41, 5.74) is 3.31. The summed E-state index contributed by atoms with van der Waals surface area (Å²) in [6, 6.07) is 32.5. The third-order valence-corrected chi connectivity index (χ3v) is 8.08. The van der Waals surface area contributed by atoms with E-state index in [4.69, 9.17) is 14.7 Å². The average molecular weight is 549 g/mol.